The predicted octanol–water partition coefficient (Wildman–Crippen LogP) is 4.54. The summed E-state index contributed by atoms with van der Waals surface area (Å²) in [7, 11) is 0.617. The number of fused-ring (bicyclic) bond motifs is 1. The molecule has 0 aromatic heterocycles. The molecular formula is C21H30N2O2Si. The highest BCUT2D eigenvalue weighted by molar-refractivity contribution is 6.76. The number of hydrogen-bond donors (Lipinski definition) is 0. The Labute approximate surface area is 158 Å². The zero-order valence-corrected chi connectivity index (χ0v) is 17.6. The third-order valence-corrected chi connectivity index (χ3v) is 6.75. The van der Waals surface area contributed by atoms with Gasteiger partial charge in [0.1, 0.15) is 5.75 Å². The molecule has 140 valence electrons. The van der Waals surface area contributed by atoms with Gasteiger partial charge in [-0.1, -0.05) is 31.8 Å². The van der Waals surface area contributed by atoms with E-state index in [1.165, 1.54) is 16.7 Å². The molecule has 0 saturated heterocycles. The lowest BCUT2D eigenvalue weighted by molar-refractivity contribution is 0.118. The van der Waals surface area contributed by atoms with E-state index in [1.807, 2.05) is 0 Å². The highest BCUT2D eigenvalue weighted by atomic mass is 28.3. The molecule has 0 atom stereocenters. The molecule has 0 fully saturated rings. The fourth-order valence-electron chi connectivity index (χ4n) is 3.52. The summed E-state index contributed by atoms with van der Waals surface area (Å²) in [5.41, 5.74) is 4.22. The summed E-state index contributed by atoms with van der Waals surface area (Å²) in [4.78, 5) is 9.46. The molecule has 1 aromatic carbocycles. The molecule has 0 spiro atoms. The van der Waals surface area contributed by atoms with E-state index in [2.05, 4.69) is 44.8 Å². The number of methoxy groups -OCH3 is 1. The van der Waals surface area contributed by atoms with Crippen LogP contribution in [0.1, 0.15) is 23.1 Å². The summed E-state index contributed by atoms with van der Waals surface area (Å²) in [5, 5.41) is 0. The van der Waals surface area contributed by atoms with Crippen LogP contribution < -0.4 is 4.74 Å². The van der Waals surface area contributed by atoms with Gasteiger partial charge in [-0.15, -0.1) is 0 Å². The van der Waals surface area contributed by atoms with Crippen molar-refractivity contribution in [1.29, 1.82) is 0 Å². The topological polar surface area (TPSA) is 43.2 Å². The number of aliphatic imine (C=N–C) groups is 2. The van der Waals surface area contributed by atoms with Gasteiger partial charge in [0.05, 0.1) is 13.7 Å². The molecule has 5 heteroatoms. The van der Waals surface area contributed by atoms with Crippen molar-refractivity contribution in [3.05, 3.63) is 34.9 Å². The Balaban J connectivity index is 1.87. The quantitative estimate of drug-likeness (QED) is 0.522. The minimum Gasteiger partial charge on any atom is -0.496 e. The average molecular weight is 371 g/mol. The van der Waals surface area contributed by atoms with E-state index in [1.54, 1.807) is 19.5 Å². The van der Waals surface area contributed by atoms with Gasteiger partial charge < -0.3 is 9.47 Å². The van der Waals surface area contributed by atoms with Crippen molar-refractivity contribution < 1.29 is 9.47 Å². The molecule has 0 unspecified atom stereocenters. The van der Waals surface area contributed by atoms with Crippen LogP contribution >= 0.6 is 0 Å². The lowest BCUT2D eigenvalue weighted by Gasteiger charge is -2.31. The predicted molar refractivity (Wildman–Crippen MR) is 113 cm³/mol. The number of nitrogens with zero attached hydrogens (tertiary/aromatic N) is 2. The average Bonchev–Trinajstić information content (AvgIpc) is 3.06. The van der Waals surface area contributed by atoms with E-state index in [0.29, 0.717) is 6.61 Å². The lowest BCUT2D eigenvalue weighted by Crippen LogP contribution is -2.33. The molecular weight excluding hydrogens is 340 g/mol. The highest BCUT2D eigenvalue weighted by Crippen LogP contribution is 2.41. The van der Waals surface area contributed by atoms with Gasteiger partial charge in [-0.05, 0) is 48.6 Å². The second kappa shape index (κ2) is 7.49. The third-order valence-electron chi connectivity index (χ3n) is 5.05. The standard InChI is InChI=1S/C21H30N2O2Si/c1-16-13-17-7-6-8-19(18(17)14-20(16)24-2)21(22-9-10-23-21)15-25-11-12-26(3,4)5/h8-10,13-14H,6-7,11-12,15H2,1-5H3. The van der Waals surface area contributed by atoms with Gasteiger partial charge >= 0.3 is 0 Å². The van der Waals surface area contributed by atoms with E-state index >= 15 is 0 Å². The Kier molecular flexibility index (Phi) is 5.49. The van der Waals surface area contributed by atoms with E-state index in [9.17, 15) is 0 Å². The molecule has 0 amide bonds. The number of aryl methyl sites for hydroxylation is 2. The number of ether oxygens (including phenoxy) is 2. The van der Waals surface area contributed by atoms with Crippen molar-refractivity contribution in [3.8, 4) is 5.75 Å². The molecule has 0 bridgehead atoms. The van der Waals surface area contributed by atoms with Crippen molar-refractivity contribution in [2.24, 2.45) is 9.98 Å². The van der Waals surface area contributed by atoms with Crippen LogP contribution in [0.25, 0.3) is 5.57 Å². The third kappa shape index (κ3) is 3.99. The van der Waals surface area contributed by atoms with Crippen LogP contribution in [-0.2, 0) is 11.2 Å². The number of hydrogen-bond acceptors (Lipinski definition) is 4. The van der Waals surface area contributed by atoms with Crippen LogP contribution in [0.5, 0.6) is 5.75 Å². The molecule has 0 saturated carbocycles. The summed E-state index contributed by atoms with van der Waals surface area (Å²) in [6.45, 7) is 10.5. The van der Waals surface area contributed by atoms with Gasteiger partial charge in [0.25, 0.3) is 0 Å². The van der Waals surface area contributed by atoms with E-state index < -0.39 is 13.7 Å². The van der Waals surface area contributed by atoms with Crippen LogP contribution in [0.2, 0.25) is 25.7 Å². The Hall–Kier alpha value is -1.72. The maximum atomic E-state index is 6.08. The van der Waals surface area contributed by atoms with Gasteiger partial charge in [-0.25, -0.2) is 0 Å². The van der Waals surface area contributed by atoms with E-state index in [4.69, 9.17) is 19.5 Å². The lowest BCUT2D eigenvalue weighted by atomic mass is 9.83. The fourth-order valence-corrected chi connectivity index (χ4v) is 4.27. The Bertz CT molecular complexity index is 748. The molecule has 4 nitrogen and oxygen atoms in total. The van der Waals surface area contributed by atoms with Crippen LogP contribution in [0.3, 0.4) is 0 Å². The van der Waals surface area contributed by atoms with E-state index in [-0.39, 0.29) is 0 Å². The van der Waals surface area contributed by atoms with Crippen molar-refractivity contribution in [2.75, 3.05) is 20.3 Å². The first-order valence-corrected chi connectivity index (χ1v) is 13.1. The number of allylic oxidation sites excluding steroid dienone is 1. The first-order valence-electron chi connectivity index (χ1n) is 9.40. The second-order valence-corrected chi connectivity index (χ2v) is 14.0. The summed E-state index contributed by atoms with van der Waals surface area (Å²) < 4.78 is 11.6. The Morgan fingerprint density at radius 2 is 1.88 bits per heavy atom. The van der Waals surface area contributed by atoms with Crippen molar-refractivity contribution in [2.45, 2.75) is 51.1 Å². The smallest absolute Gasteiger partial charge is 0.198 e. The molecule has 1 aliphatic carbocycles. The van der Waals surface area contributed by atoms with Gasteiger partial charge in [-0.3, -0.25) is 9.98 Å². The molecule has 0 N–H and O–H groups in total. The maximum absolute atomic E-state index is 6.08. The summed E-state index contributed by atoms with van der Waals surface area (Å²) in [5.74, 6) is 0.914. The molecule has 1 aliphatic heterocycles. The highest BCUT2D eigenvalue weighted by Gasteiger charge is 2.38. The minimum absolute atomic E-state index is 0.492. The fraction of sp³-hybridized carbons (Fsp3) is 0.524. The van der Waals surface area contributed by atoms with Gasteiger partial charge in [0.15, 0.2) is 5.66 Å². The van der Waals surface area contributed by atoms with Crippen molar-refractivity contribution in [1.82, 2.24) is 0 Å². The SMILES string of the molecule is COc1cc2c(cc1C)CCC=C2C1(COCC[Si](C)(C)C)N=CC=N1. The first kappa shape index (κ1) is 19.0. The second-order valence-electron chi connectivity index (χ2n) is 8.37. The molecule has 26 heavy (non-hydrogen) atoms. The molecule has 1 heterocycles. The van der Waals surface area contributed by atoms with Crippen LogP contribution in [-0.4, -0.2) is 46.5 Å². The molecule has 3 rings (SSSR count). The van der Waals surface area contributed by atoms with Gasteiger partial charge in [0, 0.05) is 32.7 Å². The molecule has 2 aliphatic rings. The molecule has 0 radical (unpaired) electrons. The van der Waals surface area contributed by atoms with E-state index in [0.717, 1.165) is 36.8 Å². The maximum Gasteiger partial charge on any atom is 0.198 e. The van der Waals surface area contributed by atoms with Crippen LogP contribution in [0.15, 0.2) is 28.2 Å². The minimum atomic E-state index is -1.11. The zero-order chi connectivity index (χ0) is 18.8. The van der Waals surface area contributed by atoms with Crippen molar-refractivity contribution in [3.63, 3.8) is 0 Å². The largest absolute Gasteiger partial charge is 0.496 e. The Morgan fingerprint density at radius 1 is 1.15 bits per heavy atom. The summed E-state index contributed by atoms with van der Waals surface area (Å²) in [6, 6.07) is 5.53. The van der Waals surface area contributed by atoms with Crippen LogP contribution in [0.4, 0.5) is 0 Å². The summed E-state index contributed by atoms with van der Waals surface area (Å²) >= 11 is 0. The Morgan fingerprint density at radius 3 is 2.54 bits per heavy atom. The van der Waals surface area contributed by atoms with Crippen molar-refractivity contribution >= 4 is 26.1 Å². The molecule has 1 aromatic rings. The van der Waals surface area contributed by atoms with Crippen LogP contribution in [0, 0.1) is 6.92 Å². The number of benzene rings is 1. The first-order chi connectivity index (χ1) is 12.3. The zero-order valence-electron chi connectivity index (χ0n) is 16.6. The summed E-state index contributed by atoms with van der Waals surface area (Å²) in [6.07, 6.45) is 7.92. The monoisotopic (exact) mass is 370 g/mol. The number of rotatable bonds is 7. The normalized spacial score (nSPS) is 18.0. The van der Waals surface area contributed by atoms with Gasteiger partial charge in [0.2, 0.25) is 0 Å². The van der Waals surface area contributed by atoms with Gasteiger partial charge in [-0.2, -0.15) is 0 Å².